The molecule has 1 aliphatic rings. The van der Waals surface area contributed by atoms with Gasteiger partial charge in [0.1, 0.15) is 5.15 Å². The molecule has 2 N–H and O–H groups in total. The zero-order valence-corrected chi connectivity index (χ0v) is 10.1. The van der Waals surface area contributed by atoms with Gasteiger partial charge in [-0.2, -0.15) is 0 Å². The number of sulfone groups is 1. The third-order valence-corrected chi connectivity index (χ3v) is 4.33. The Morgan fingerprint density at radius 3 is 2.56 bits per heavy atom. The van der Waals surface area contributed by atoms with E-state index in [4.69, 9.17) is 17.3 Å². The first-order valence-electron chi connectivity index (χ1n) is 4.85. The molecule has 16 heavy (non-hydrogen) atoms. The predicted molar refractivity (Wildman–Crippen MR) is 64.5 cm³/mol. The number of pyridine rings is 1. The molecule has 1 aromatic heterocycles. The van der Waals surface area contributed by atoms with E-state index in [-0.39, 0.29) is 11.5 Å². The minimum absolute atomic E-state index is 0.140. The zero-order valence-electron chi connectivity index (χ0n) is 8.56. The molecule has 1 fully saturated rings. The molecule has 1 saturated heterocycles. The Morgan fingerprint density at radius 1 is 1.31 bits per heavy atom. The van der Waals surface area contributed by atoms with Crippen molar-refractivity contribution in [3.05, 3.63) is 17.3 Å². The molecular formula is C9H12ClN3O2S. The monoisotopic (exact) mass is 261 g/mol. The van der Waals surface area contributed by atoms with Crippen molar-refractivity contribution in [1.82, 2.24) is 4.98 Å². The predicted octanol–water partition coefficient (Wildman–Crippen LogP) is 0.552. The summed E-state index contributed by atoms with van der Waals surface area (Å²) in [7, 11) is -2.89. The van der Waals surface area contributed by atoms with E-state index in [9.17, 15) is 8.42 Å². The highest BCUT2D eigenvalue weighted by molar-refractivity contribution is 7.91. The van der Waals surface area contributed by atoms with Crippen molar-refractivity contribution in [3.8, 4) is 0 Å². The summed E-state index contributed by atoms with van der Waals surface area (Å²) in [5.41, 5.74) is 6.29. The maximum atomic E-state index is 11.3. The molecule has 5 nitrogen and oxygen atoms in total. The Bertz CT molecular complexity index is 489. The molecule has 0 amide bonds. The molecule has 88 valence electrons. The van der Waals surface area contributed by atoms with Gasteiger partial charge in [0, 0.05) is 13.1 Å². The number of halogens is 1. The van der Waals surface area contributed by atoms with Crippen LogP contribution in [0.25, 0.3) is 0 Å². The van der Waals surface area contributed by atoms with E-state index < -0.39 is 9.84 Å². The van der Waals surface area contributed by atoms with Crippen molar-refractivity contribution in [3.63, 3.8) is 0 Å². The summed E-state index contributed by atoms with van der Waals surface area (Å²) in [6.07, 6.45) is 0. The van der Waals surface area contributed by atoms with Crippen molar-refractivity contribution >= 4 is 32.9 Å². The van der Waals surface area contributed by atoms with Gasteiger partial charge in [0.25, 0.3) is 0 Å². The van der Waals surface area contributed by atoms with E-state index in [1.165, 1.54) is 0 Å². The second-order valence-corrected chi connectivity index (χ2v) is 6.38. The lowest BCUT2D eigenvalue weighted by molar-refractivity contribution is 0.586. The lowest BCUT2D eigenvalue weighted by Gasteiger charge is -2.28. The quantitative estimate of drug-likeness (QED) is 0.748. The van der Waals surface area contributed by atoms with Gasteiger partial charge in [-0.1, -0.05) is 11.6 Å². The van der Waals surface area contributed by atoms with Crippen LogP contribution in [0.15, 0.2) is 12.1 Å². The number of hydrogen-bond donors (Lipinski definition) is 1. The van der Waals surface area contributed by atoms with Crippen molar-refractivity contribution in [2.75, 3.05) is 35.2 Å². The Kier molecular flexibility index (Phi) is 2.94. The summed E-state index contributed by atoms with van der Waals surface area (Å²) in [6, 6.07) is 3.29. The van der Waals surface area contributed by atoms with Gasteiger partial charge in [-0.25, -0.2) is 13.4 Å². The topological polar surface area (TPSA) is 76.3 Å². The molecule has 0 atom stereocenters. The average molecular weight is 262 g/mol. The van der Waals surface area contributed by atoms with E-state index in [0.29, 0.717) is 29.7 Å². The van der Waals surface area contributed by atoms with Crippen LogP contribution in [0.5, 0.6) is 0 Å². The summed E-state index contributed by atoms with van der Waals surface area (Å²) in [4.78, 5) is 5.97. The summed E-state index contributed by atoms with van der Waals surface area (Å²) < 4.78 is 22.5. The zero-order chi connectivity index (χ0) is 11.8. The van der Waals surface area contributed by atoms with Gasteiger partial charge in [0.05, 0.1) is 17.2 Å². The SMILES string of the molecule is Nc1ccc(Cl)nc1N1CCS(=O)(=O)CC1. The van der Waals surface area contributed by atoms with Crippen molar-refractivity contribution in [1.29, 1.82) is 0 Å². The second-order valence-electron chi connectivity index (χ2n) is 3.69. The lowest BCUT2D eigenvalue weighted by Crippen LogP contribution is -2.41. The average Bonchev–Trinajstić information content (AvgIpc) is 2.22. The van der Waals surface area contributed by atoms with Gasteiger partial charge in [-0.05, 0) is 12.1 Å². The highest BCUT2D eigenvalue weighted by Crippen LogP contribution is 2.24. The number of nitrogens with zero attached hydrogens (tertiary/aromatic N) is 2. The summed E-state index contributed by atoms with van der Waals surface area (Å²) in [5, 5.41) is 0.359. The molecule has 1 aromatic rings. The fourth-order valence-electron chi connectivity index (χ4n) is 1.61. The van der Waals surface area contributed by atoms with Gasteiger partial charge in [-0.15, -0.1) is 0 Å². The molecule has 2 heterocycles. The fourth-order valence-corrected chi connectivity index (χ4v) is 2.96. The highest BCUT2D eigenvalue weighted by Gasteiger charge is 2.23. The number of anilines is 2. The molecule has 0 bridgehead atoms. The van der Waals surface area contributed by atoms with Crippen LogP contribution < -0.4 is 10.6 Å². The first-order valence-corrected chi connectivity index (χ1v) is 7.05. The van der Waals surface area contributed by atoms with Gasteiger partial charge < -0.3 is 10.6 Å². The first-order chi connectivity index (χ1) is 7.48. The first kappa shape index (κ1) is 11.5. The third-order valence-electron chi connectivity index (χ3n) is 2.52. The largest absolute Gasteiger partial charge is 0.396 e. The smallest absolute Gasteiger partial charge is 0.153 e. The second kappa shape index (κ2) is 4.10. The molecule has 1 aliphatic heterocycles. The van der Waals surface area contributed by atoms with Gasteiger partial charge in [-0.3, -0.25) is 0 Å². The van der Waals surface area contributed by atoms with Crippen LogP contribution in [-0.2, 0) is 9.84 Å². The van der Waals surface area contributed by atoms with Crippen LogP contribution in [0.4, 0.5) is 11.5 Å². The number of aromatic nitrogens is 1. The molecular weight excluding hydrogens is 250 g/mol. The van der Waals surface area contributed by atoms with Crippen LogP contribution in [-0.4, -0.2) is 38.0 Å². The Labute approximate surface area is 99.1 Å². The van der Waals surface area contributed by atoms with Crippen LogP contribution in [0.2, 0.25) is 5.15 Å². The Morgan fingerprint density at radius 2 is 1.94 bits per heavy atom. The molecule has 0 aliphatic carbocycles. The van der Waals surface area contributed by atoms with Gasteiger partial charge >= 0.3 is 0 Å². The molecule has 0 radical (unpaired) electrons. The Balaban J connectivity index is 2.23. The number of nitrogens with two attached hydrogens (primary N) is 1. The minimum Gasteiger partial charge on any atom is -0.396 e. The third kappa shape index (κ3) is 2.38. The maximum absolute atomic E-state index is 11.3. The van der Waals surface area contributed by atoms with E-state index in [1.807, 2.05) is 4.90 Å². The summed E-state index contributed by atoms with van der Waals surface area (Å²) in [6.45, 7) is 0.833. The van der Waals surface area contributed by atoms with Crippen LogP contribution >= 0.6 is 11.6 Å². The number of nitrogen functional groups attached to an aromatic ring is 1. The van der Waals surface area contributed by atoms with Gasteiger partial charge in [0.15, 0.2) is 15.7 Å². The number of hydrogen-bond acceptors (Lipinski definition) is 5. The molecule has 0 unspecified atom stereocenters. The van der Waals surface area contributed by atoms with Crippen molar-refractivity contribution < 1.29 is 8.42 Å². The summed E-state index contributed by atoms with van der Waals surface area (Å²) in [5.74, 6) is 0.851. The van der Waals surface area contributed by atoms with Gasteiger partial charge in [0.2, 0.25) is 0 Å². The molecule has 0 saturated carbocycles. The van der Waals surface area contributed by atoms with Crippen molar-refractivity contribution in [2.45, 2.75) is 0 Å². The van der Waals surface area contributed by atoms with Crippen LogP contribution in [0, 0.1) is 0 Å². The lowest BCUT2D eigenvalue weighted by atomic mass is 10.3. The summed E-state index contributed by atoms with van der Waals surface area (Å²) >= 11 is 5.78. The minimum atomic E-state index is -2.89. The van der Waals surface area contributed by atoms with E-state index in [0.717, 1.165) is 0 Å². The Hall–Kier alpha value is -1.01. The molecule has 2 rings (SSSR count). The maximum Gasteiger partial charge on any atom is 0.153 e. The van der Waals surface area contributed by atoms with Crippen molar-refractivity contribution in [2.24, 2.45) is 0 Å². The number of rotatable bonds is 1. The molecule has 0 aromatic carbocycles. The van der Waals surface area contributed by atoms with Crippen LogP contribution in [0.3, 0.4) is 0 Å². The van der Waals surface area contributed by atoms with E-state index in [1.54, 1.807) is 12.1 Å². The van der Waals surface area contributed by atoms with Crippen LogP contribution in [0.1, 0.15) is 0 Å². The van der Waals surface area contributed by atoms with E-state index >= 15 is 0 Å². The highest BCUT2D eigenvalue weighted by atomic mass is 35.5. The molecule has 7 heteroatoms. The van der Waals surface area contributed by atoms with E-state index in [2.05, 4.69) is 4.98 Å². The molecule has 0 spiro atoms. The fraction of sp³-hybridized carbons (Fsp3) is 0.444. The normalized spacial score (nSPS) is 19.7. The standard InChI is InChI=1S/C9H12ClN3O2S/c10-8-2-1-7(11)9(12-8)13-3-5-16(14,15)6-4-13/h1-2H,3-6,11H2.